The molecule has 0 aliphatic rings. The summed E-state index contributed by atoms with van der Waals surface area (Å²) in [6.45, 7) is 5.55. The van der Waals surface area contributed by atoms with E-state index in [1.54, 1.807) is 0 Å². The highest BCUT2D eigenvalue weighted by Crippen LogP contribution is 2.03. The highest BCUT2D eigenvalue weighted by Gasteiger charge is 1.97. The van der Waals surface area contributed by atoms with Crippen LogP contribution >= 0.6 is 0 Å². The normalized spacial score (nSPS) is 10.6. The Morgan fingerprint density at radius 3 is 2.69 bits per heavy atom. The highest BCUT2D eigenvalue weighted by molar-refractivity contribution is 4.96. The summed E-state index contributed by atoms with van der Waals surface area (Å²) in [5, 5.41) is 0. The summed E-state index contributed by atoms with van der Waals surface area (Å²) in [6, 6.07) is 0. The standard InChI is InChI=1S/C11H20N2/c1-3-5-7-11-9-13(10-12-11)8-6-4-2/h9-10H,3-8H2,1-2H3. The predicted octanol–water partition coefficient (Wildman–Crippen LogP) is 3.03. The molecule has 1 rings (SSSR count). The van der Waals surface area contributed by atoms with Gasteiger partial charge in [0.25, 0.3) is 0 Å². The van der Waals surface area contributed by atoms with Crippen LogP contribution in [0.15, 0.2) is 12.5 Å². The van der Waals surface area contributed by atoms with Gasteiger partial charge in [0, 0.05) is 12.7 Å². The van der Waals surface area contributed by atoms with Crippen LogP contribution < -0.4 is 0 Å². The number of imidazole rings is 1. The molecule has 0 bridgehead atoms. The van der Waals surface area contributed by atoms with E-state index in [1.807, 2.05) is 6.33 Å². The smallest absolute Gasteiger partial charge is 0.0949 e. The van der Waals surface area contributed by atoms with E-state index in [1.165, 1.54) is 31.4 Å². The van der Waals surface area contributed by atoms with Crippen LogP contribution in [0.25, 0.3) is 0 Å². The van der Waals surface area contributed by atoms with Crippen LogP contribution in [0.4, 0.5) is 0 Å². The molecule has 0 aromatic carbocycles. The first-order chi connectivity index (χ1) is 6.36. The Hall–Kier alpha value is -0.790. The van der Waals surface area contributed by atoms with E-state index in [-0.39, 0.29) is 0 Å². The highest BCUT2D eigenvalue weighted by atomic mass is 15.0. The molecule has 0 N–H and O–H groups in total. The van der Waals surface area contributed by atoms with Crippen LogP contribution in [-0.2, 0) is 13.0 Å². The summed E-state index contributed by atoms with van der Waals surface area (Å²) in [7, 11) is 0. The Bertz CT molecular complexity index is 205. The van der Waals surface area contributed by atoms with Gasteiger partial charge in [-0.05, 0) is 19.3 Å². The zero-order valence-corrected chi connectivity index (χ0v) is 8.79. The van der Waals surface area contributed by atoms with Crippen molar-refractivity contribution in [3.8, 4) is 0 Å². The van der Waals surface area contributed by atoms with Crippen LogP contribution in [0, 0.1) is 0 Å². The summed E-state index contributed by atoms with van der Waals surface area (Å²) < 4.78 is 2.20. The average Bonchev–Trinajstić information content (AvgIpc) is 2.59. The molecule has 0 spiro atoms. The Balaban J connectivity index is 2.34. The molecule has 0 aliphatic carbocycles. The van der Waals surface area contributed by atoms with Gasteiger partial charge in [0.05, 0.1) is 12.0 Å². The van der Waals surface area contributed by atoms with Gasteiger partial charge < -0.3 is 4.57 Å². The molecule has 13 heavy (non-hydrogen) atoms. The largest absolute Gasteiger partial charge is 0.337 e. The Labute approximate surface area is 81.0 Å². The van der Waals surface area contributed by atoms with Crippen molar-refractivity contribution in [1.29, 1.82) is 0 Å². The zero-order chi connectivity index (χ0) is 9.52. The third-order valence-electron chi connectivity index (χ3n) is 2.24. The monoisotopic (exact) mass is 180 g/mol. The summed E-state index contributed by atoms with van der Waals surface area (Å²) in [4.78, 5) is 4.37. The van der Waals surface area contributed by atoms with Crippen molar-refractivity contribution in [1.82, 2.24) is 9.55 Å². The first-order valence-electron chi connectivity index (χ1n) is 5.37. The van der Waals surface area contributed by atoms with E-state index in [2.05, 4.69) is 29.6 Å². The first-order valence-corrected chi connectivity index (χ1v) is 5.37. The zero-order valence-electron chi connectivity index (χ0n) is 8.79. The van der Waals surface area contributed by atoms with Crippen molar-refractivity contribution < 1.29 is 0 Å². The van der Waals surface area contributed by atoms with Crippen molar-refractivity contribution >= 4 is 0 Å². The summed E-state index contributed by atoms with van der Waals surface area (Å²) in [6.07, 6.45) is 10.3. The fraction of sp³-hybridized carbons (Fsp3) is 0.727. The molecule has 0 amide bonds. The Morgan fingerprint density at radius 2 is 2.00 bits per heavy atom. The third kappa shape index (κ3) is 3.62. The number of aromatic nitrogens is 2. The van der Waals surface area contributed by atoms with Crippen LogP contribution in [0.1, 0.15) is 45.2 Å². The van der Waals surface area contributed by atoms with Gasteiger partial charge in [-0.3, -0.25) is 0 Å². The second-order valence-electron chi connectivity index (χ2n) is 3.56. The maximum Gasteiger partial charge on any atom is 0.0949 e. The van der Waals surface area contributed by atoms with Gasteiger partial charge in [-0.25, -0.2) is 4.98 Å². The summed E-state index contributed by atoms with van der Waals surface area (Å²) in [5.41, 5.74) is 1.25. The van der Waals surface area contributed by atoms with Crippen molar-refractivity contribution in [3.63, 3.8) is 0 Å². The van der Waals surface area contributed by atoms with Gasteiger partial charge in [0.2, 0.25) is 0 Å². The lowest BCUT2D eigenvalue weighted by Crippen LogP contribution is -1.93. The second kappa shape index (κ2) is 5.79. The summed E-state index contributed by atoms with van der Waals surface area (Å²) >= 11 is 0. The average molecular weight is 180 g/mol. The van der Waals surface area contributed by atoms with Crippen molar-refractivity contribution in [2.75, 3.05) is 0 Å². The molecular formula is C11H20N2. The van der Waals surface area contributed by atoms with Crippen molar-refractivity contribution in [2.24, 2.45) is 0 Å². The molecule has 0 aliphatic heterocycles. The number of hydrogen-bond donors (Lipinski definition) is 0. The lowest BCUT2D eigenvalue weighted by atomic mass is 10.2. The predicted molar refractivity (Wildman–Crippen MR) is 55.7 cm³/mol. The quantitative estimate of drug-likeness (QED) is 0.658. The lowest BCUT2D eigenvalue weighted by Gasteiger charge is -1.97. The molecule has 0 atom stereocenters. The molecule has 0 fully saturated rings. The van der Waals surface area contributed by atoms with Gasteiger partial charge in [0.15, 0.2) is 0 Å². The third-order valence-corrected chi connectivity index (χ3v) is 2.24. The van der Waals surface area contributed by atoms with Gasteiger partial charge in [0.1, 0.15) is 0 Å². The molecule has 2 heteroatoms. The molecule has 1 heterocycles. The fourth-order valence-electron chi connectivity index (χ4n) is 1.36. The van der Waals surface area contributed by atoms with E-state index in [4.69, 9.17) is 0 Å². The first kappa shape index (κ1) is 10.3. The second-order valence-corrected chi connectivity index (χ2v) is 3.56. The van der Waals surface area contributed by atoms with Gasteiger partial charge >= 0.3 is 0 Å². The minimum Gasteiger partial charge on any atom is -0.337 e. The number of nitrogens with zero attached hydrogens (tertiary/aromatic N) is 2. The molecule has 0 radical (unpaired) electrons. The van der Waals surface area contributed by atoms with Gasteiger partial charge in [-0.15, -0.1) is 0 Å². The van der Waals surface area contributed by atoms with E-state index in [0.29, 0.717) is 0 Å². The molecule has 1 aromatic rings. The van der Waals surface area contributed by atoms with E-state index in [0.717, 1.165) is 13.0 Å². The Morgan fingerprint density at radius 1 is 1.23 bits per heavy atom. The minimum atomic E-state index is 1.12. The molecule has 74 valence electrons. The van der Waals surface area contributed by atoms with E-state index in [9.17, 15) is 0 Å². The topological polar surface area (TPSA) is 17.8 Å². The molecule has 0 saturated heterocycles. The number of unbranched alkanes of at least 4 members (excludes halogenated alkanes) is 2. The molecule has 0 saturated carbocycles. The van der Waals surface area contributed by atoms with Crippen LogP contribution in [0.2, 0.25) is 0 Å². The number of aryl methyl sites for hydroxylation is 2. The molecule has 2 nitrogen and oxygen atoms in total. The van der Waals surface area contributed by atoms with E-state index >= 15 is 0 Å². The fourth-order valence-corrected chi connectivity index (χ4v) is 1.36. The van der Waals surface area contributed by atoms with Crippen molar-refractivity contribution in [3.05, 3.63) is 18.2 Å². The maximum atomic E-state index is 4.37. The van der Waals surface area contributed by atoms with Crippen molar-refractivity contribution in [2.45, 2.75) is 52.5 Å². The maximum absolute atomic E-state index is 4.37. The minimum absolute atomic E-state index is 1.12. The van der Waals surface area contributed by atoms with Gasteiger partial charge in [-0.1, -0.05) is 26.7 Å². The number of hydrogen-bond acceptors (Lipinski definition) is 1. The van der Waals surface area contributed by atoms with E-state index < -0.39 is 0 Å². The number of rotatable bonds is 6. The van der Waals surface area contributed by atoms with Crippen LogP contribution in [-0.4, -0.2) is 9.55 Å². The van der Waals surface area contributed by atoms with Crippen LogP contribution in [0.5, 0.6) is 0 Å². The SMILES string of the molecule is CCCCc1cn(CCCC)cn1. The lowest BCUT2D eigenvalue weighted by molar-refractivity contribution is 0.630. The summed E-state index contributed by atoms with van der Waals surface area (Å²) in [5.74, 6) is 0. The molecule has 0 unspecified atom stereocenters. The molecule has 1 aromatic heterocycles. The molecular weight excluding hydrogens is 160 g/mol. The Kier molecular flexibility index (Phi) is 4.58. The van der Waals surface area contributed by atoms with Crippen LogP contribution in [0.3, 0.4) is 0 Å². The van der Waals surface area contributed by atoms with Gasteiger partial charge in [-0.2, -0.15) is 0 Å².